The first-order valence-electron chi connectivity index (χ1n) is 9.14. The predicted molar refractivity (Wildman–Crippen MR) is 104 cm³/mol. The van der Waals surface area contributed by atoms with Gasteiger partial charge in [-0.15, -0.1) is 0 Å². The van der Waals surface area contributed by atoms with Gasteiger partial charge in [0.05, 0.1) is 38.5 Å². The van der Waals surface area contributed by atoms with Crippen LogP contribution in [0.4, 0.5) is 4.79 Å². The van der Waals surface area contributed by atoms with Crippen LogP contribution in [0.2, 0.25) is 0 Å². The number of esters is 1. The van der Waals surface area contributed by atoms with Gasteiger partial charge in [-0.1, -0.05) is 12.1 Å². The molecule has 7 nitrogen and oxygen atoms in total. The predicted octanol–water partition coefficient (Wildman–Crippen LogP) is 0.702. The minimum atomic E-state index is -0.613. The number of quaternary nitrogens is 1. The molecule has 0 saturated carbocycles. The second-order valence-corrected chi connectivity index (χ2v) is 7.67. The van der Waals surface area contributed by atoms with Gasteiger partial charge < -0.3 is 25.0 Å². The Morgan fingerprint density at radius 2 is 2.00 bits per heavy atom. The third-order valence-corrected chi connectivity index (χ3v) is 5.71. The minimum absolute atomic E-state index is 0.291. The van der Waals surface area contributed by atoms with Gasteiger partial charge in [0, 0.05) is 11.5 Å². The molecule has 27 heavy (non-hydrogen) atoms. The molecule has 2 amide bonds. The summed E-state index contributed by atoms with van der Waals surface area (Å²) in [4.78, 5) is 26.3. The summed E-state index contributed by atoms with van der Waals surface area (Å²) in [5.74, 6) is 1.90. The first-order chi connectivity index (χ1) is 13.1. The van der Waals surface area contributed by atoms with E-state index in [9.17, 15) is 9.59 Å². The van der Waals surface area contributed by atoms with E-state index in [0.29, 0.717) is 12.3 Å². The molecule has 2 heterocycles. The maximum Gasteiger partial charge on any atom is 0.319 e. The Bertz CT molecular complexity index is 701. The van der Waals surface area contributed by atoms with Crippen molar-refractivity contribution in [1.29, 1.82) is 0 Å². The van der Waals surface area contributed by atoms with E-state index in [4.69, 9.17) is 9.47 Å². The van der Waals surface area contributed by atoms with E-state index >= 15 is 0 Å². The highest BCUT2D eigenvalue weighted by Gasteiger charge is 2.41. The monoisotopic (exact) mass is 392 g/mol. The Kier molecular flexibility index (Phi) is 6.63. The summed E-state index contributed by atoms with van der Waals surface area (Å²) in [6, 6.07) is 6.57. The highest BCUT2D eigenvalue weighted by molar-refractivity contribution is 7.99. The zero-order valence-electron chi connectivity index (χ0n) is 15.6. The second kappa shape index (κ2) is 9.14. The molecule has 3 N–H and O–H groups in total. The number of rotatable bonds is 5. The van der Waals surface area contributed by atoms with Crippen molar-refractivity contribution < 1.29 is 24.0 Å². The van der Waals surface area contributed by atoms with Crippen LogP contribution in [-0.4, -0.2) is 50.3 Å². The standard InChI is InChI=1S/C19H25N3O4S/c1-3-26-18(23)16-15(12-22-8-10-27-11-9-22)20-19(24)21-17(16)13-4-6-14(25-2)7-5-13/h4-7,12,16-17H,3,8-11H2,1-2H3,(H2,20,21,24)/p+1/b15-12+/t16-,17+/m0/s1. The molecule has 0 aliphatic carbocycles. The fraction of sp³-hybridized carbons (Fsp3) is 0.474. The molecule has 3 rings (SSSR count). The fourth-order valence-electron chi connectivity index (χ4n) is 3.35. The smallest absolute Gasteiger partial charge is 0.319 e. The molecular formula is C19H26N3O4S+. The summed E-state index contributed by atoms with van der Waals surface area (Å²) < 4.78 is 10.5. The molecule has 2 atom stereocenters. The number of ether oxygens (including phenoxy) is 2. The second-order valence-electron chi connectivity index (χ2n) is 6.45. The number of carbonyl (C=O) groups is 2. The number of hydrogen-bond donors (Lipinski definition) is 3. The number of urea groups is 1. The van der Waals surface area contributed by atoms with Crippen LogP contribution in [0.1, 0.15) is 18.5 Å². The van der Waals surface area contributed by atoms with Crippen LogP contribution in [-0.2, 0) is 9.53 Å². The van der Waals surface area contributed by atoms with Crippen LogP contribution in [0.3, 0.4) is 0 Å². The third kappa shape index (κ3) is 4.75. The van der Waals surface area contributed by atoms with Crippen LogP contribution < -0.4 is 20.3 Å². The van der Waals surface area contributed by atoms with Gasteiger partial charge in [-0.3, -0.25) is 4.79 Å². The molecule has 2 aliphatic rings. The summed E-state index contributed by atoms with van der Waals surface area (Å²) in [5.41, 5.74) is 1.44. The lowest BCUT2D eigenvalue weighted by Gasteiger charge is -2.34. The molecular weight excluding hydrogens is 366 g/mol. The first-order valence-corrected chi connectivity index (χ1v) is 10.3. The number of amides is 2. The van der Waals surface area contributed by atoms with Crippen molar-refractivity contribution in [2.75, 3.05) is 38.3 Å². The number of hydrogen-bond acceptors (Lipinski definition) is 5. The minimum Gasteiger partial charge on any atom is -0.497 e. The van der Waals surface area contributed by atoms with E-state index in [2.05, 4.69) is 10.6 Å². The summed E-state index contributed by atoms with van der Waals surface area (Å²) in [6.45, 7) is 4.02. The third-order valence-electron chi connectivity index (χ3n) is 4.72. The van der Waals surface area contributed by atoms with Crippen LogP contribution >= 0.6 is 11.8 Å². The molecule has 2 saturated heterocycles. The summed E-state index contributed by atoms with van der Waals surface area (Å²) in [5, 5.41) is 5.71. The van der Waals surface area contributed by atoms with Crippen molar-refractivity contribution in [3.05, 3.63) is 41.7 Å². The Morgan fingerprint density at radius 3 is 2.63 bits per heavy atom. The molecule has 0 aromatic heterocycles. The largest absolute Gasteiger partial charge is 0.497 e. The maximum atomic E-state index is 12.8. The van der Waals surface area contributed by atoms with Gasteiger partial charge in [0.25, 0.3) is 0 Å². The van der Waals surface area contributed by atoms with Crippen LogP contribution in [0.5, 0.6) is 5.75 Å². The average Bonchev–Trinajstić information content (AvgIpc) is 2.68. The van der Waals surface area contributed by atoms with E-state index in [1.165, 1.54) is 4.90 Å². The van der Waals surface area contributed by atoms with Gasteiger partial charge in [-0.2, -0.15) is 11.8 Å². The summed E-state index contributed by atoms with van der Waals surface area (Å²) in [6.07, 6.45) is 1.98. The zero-order chi connectivity index (χ0) is 19.2. The first kappa shape index (κ1) is 19.6. The number of benzene rings is 1. The molecule has 0 bridgehead atoms. The Balaban J connectivity index is 1.94. The van der Waals surface area contributed by atoms with E-state index < -0.39 is 12.0 Å². The Hall–Kier alpha value is -2.19. The topological polar surface area (TPSA) is 81.1 Å². The molecule has 8 heteroatoms. The van der Waals surface area contributed by atoms with Crippen molar-refractivity contribution in [3.63, 3.8) is 0 Å². The molecule has 0 unspecified atom stereocenters. The van der Waals surface area contributed by atoms with Gasteiger partial charge >= 0.3 is 12.0 Å². The highest BCUT2D eigenvalue weighted by atomic mass is 32.2. The number of thioether (sulfide) groups is 1. The van der Waals surface area contributed by atoms with Crippen molar-refractivity contribution in [2.45, 2.75) is 13.0 Å². The average molecular weight is 393 g/mol. The van der Waals surface area contributed by atoms with Crippen molar-refractivity contribution in [1.82, 2.24) is 10.6 Å². The SMILES string of the molecule is CCOC(=O)[C@H]1/C(=C\[NH+]2CCSCC2)NC(=O)N[C@@H]1c1ccc(OC)cc1. The Labute approximate surface area is 163 Å². The van der Waals surface area contributed by atoms with E-state index in [0.717, 1.165) is 35.9 Å². The van der Waals surface area contributed by atoms with E-state index in [-0.39, 0.29) is 12.0 Å². The lowest BCUT2D eigenvalue weighted by molar-refractivity contribution is -0.843. The fourth-order valence-corrected chi connectivity index (χ4v) is 4.37. The molecule has 0 radical (unpaired) electrons. The maximum absolute atomic E-state index is 12.8. The van der Waals surface area contributed by atoms with E-state index in [1.54, 1.807) is 14.0 Å². The normalized spacial score (nSPS) is 24.8. The van der Waals surface area contributed by atoms with Gasteiger partial charge in [-0.25, -0.2) is 4.79 Å². The molecule has 2 aliphatic heterocycles. The van der Waals surface area contributed by atoms with E-state index in [1.807, 2.05) is 42.2 Å². The molecule has 2 fully saturated rings. The lowest BCUT2D eigenvalue weighted by atomic mass is 9.88. The van der Waals surface area contributed by atoms with Gasteiger partial charge in [0.1, 0.15) is 17.9 Å². The van der Waals surface area contributed by atoms with Gasteiger partial charge in [0.15, 0.2) is 0 Å². The number of methoxy groups -OCH3 is 1. The quantitative estimate of drug-likeness (QED) is 0.643. The zero-order valence-corrected chi connectivity index (χ0v) is 16.4. The molecule has 1 aromatic carbocycles. The van der Waals surface area contributed by atoms with Crippen molar-refractivity contribution in [3.8, 4) is 5.75 Å². The summed E-state index contributed by atoms with van der Waals surface area (Å²) in [7, 11) is 1.60. The van der Waals surface area contributed by atoms with Gasteiger partial charge in [0.2, 0.25) is 0 Å². The molecule has 146 valence electrons. The lowest BCUT2D eigenvalue weighted by Crippen LogP contribution is -3.09. The van der Waals surface area contributed by atoms with Crippen LogP contribution in [0.25, 0.3) is 0 Å². The number of nitrogens with one attached hydrogen (secondary N) is 3. The summed E-state index contributed by atoms with van der Waals surface area (Å²) >= 11 is 1.92. The van der Waals surface area contributed by atoms with Gasteiger partial charge in [-0.05, 0) is 24.6 Å². The van der Waals surface area contributed by atoms with Crippen LogP contribution in [0, 0.1) is 5.92 Å². The highest BCUT2D eigenvalue weighted by Crippen LogP contribution is 2.31. The molecule has 0 spiro atoms. The Morgan fingerprint density at radius 1 is 1.30 bits per heavy atom. The molecule has 1 aromatic rings. The van der Waals surface area contributed by atoms with Crippen LogP contribution in [0.15, 0.2) is 36.2 Å². The van der Waals surface area contributed by atoms with Crippen molar-refractivity contribution >= 4 is 23.8 Å². The van der Waals surface area contributed by atoms with Crippen molar-refractivity contribution in [2.24, 2.45) is 5.92 Å². The number of carbonyl (C=O) groups excluding carboxylic acids is 2.